The number of benzene rings is 2. The number of carboxylic acid groups (broad SMARTS) is 1. The molecule has 1 aliphatic carbocycles. The van der Waals surface area contributed by atoms with Crippen LogP contribution in [0.25, 0.3) is 11.1 Å². The van der Waals surface area contributed by atoms with Crippen molar-refractivity contribution in [1.82, 2.24) is 10.3 Å². The van der Waals surface area contributed by atoms with Crippen LogP contribution in [0.3, 0.4) is 0 Å². The Morgan fingerprint density at radius 2 is 1.69 bits per heavy atom. The first kappa shape index (κ1) is 21.6. The van der Waals surface area contributed by atoms with Crippen molar-refractivity contribution in [3.8, 4) is 11.1 Å². The summed E-state index contributed by atoms with van der Waals surface area (Å²) in [5.74, 6) is -0.925. The number of nitrogens with one attached hydrogen (secondary N) is 1. The number of carbonyl (C=O) groups is 2. The molecule has 164 valence electrons. The Balaban J connectivity index is 1.42. The van der Waals surface area contributed by atoms with Gasteiger partial charge in [0.1, 0.15) is 6.61 Å². The number of carboxylic acids is 1. The molecule has 3 aromatic rings. The molecule has 32 heavy (non-hydrogen) atoms. The third kappa shape index (κ3) is 4.97. The average Bonchev–Trinajstić information content (AvgIpc) is 3.11. The Labute approximate surface area is 187 Å². The van der Waals surface area contributed by atoms with Gasteiger partial charge in [-0.05, 0) is 47.2 Å². The van der Waals surface area contributed by atoms with Crippen LogP contribution in [0.2, 0.25) is 0 Å². The van der Waals surface area contributed by atoms with Crippen molar-refractivity contribution in [3.05, 3.63) is 89.2 Å². The predicted octanol–water partition coefficient (Wildman–Crippen LogP) is 4.70. The molecular formula is C26H26N2O4. The van der Waals surface area contributed by atoms with Gasteiger partial charge in [0.2, 0.25) is 0 Å². The average molecular weight is 431 g/mol. The maximum absolute atomic E-state index is 12.6. The van der Waals surface area contributed by atoms with E-state index in [4.69, 9.17) is 9.84 Å². The Bertz CT molecular complexity index is 1070. The summed E-state index contributed by atoms with van der Waals surface area (Å²) in [6.45, 7) is 2.17. The Hall–Kier alpha value is -3.67. The van der Waals surface area contributed by atoms with Crippen molar-refractivity contribution in [2.45, 2.75) is 38.1 Å². The molecular weight excluding hydrogens is 404 g/mol. The monoisotopic (exact) mass is 430 g/mol. The van der Waals surface area contributed by atoms with Gasteiger partial charge in [-0.15, -0.1) is 0 Å². The number of fused-ring (bicyclic) bond motifs is 3. The fourth-order valence-corrected chi connectivity index (χ4v) is 4.20. The second kappa shape index (κ2) is 9.64. The topological polar surface area (TPSA) is 88.5 Å². The van der Waals surface area contributed by atoms with Crippen LogP contribution < -0.4 is 5.32 Å². The summed E-state index contributed by atoms with van der Waals surface area (Å²) in [6, 6.07) is 19.8. The number of rotatable bonds is 8. The molecule has 0 bridgehead atoms. The summed E-state index contributed by atoms with van der Waals surface area (Å²) in [7, 11) is 0. The van der Waals surface area contributed by atoms with Crippen LogP contribution in [-0.2, 0) is 16.0 Å². The number of pyridine rings is 1. The number of hydrogen-bond donors (Lipinski definition) is 2. The lowest BCUT2D eigenvalue weighted by Gasteiger charge is -2.19. The van der Waals surface area contributed by atoms with Gasteiger partial charge in [-0.2, -0.15) is 0 Å². The number of carbonyl (C=O) groups excluding carboxylic acids is 1. The molecule has 2 aromatic carbocycles. The Kier molecular flexibility index (Phi) is 6.50. The summed E-state index contributed by atoms with van der Waals surface area (Å²) in [5, 5.41) is 11.9. The first-order chi connectivity index (χ1) is 15.5. The first-order valence-electron chi connectivity index (χ1n) is 10.8. The molecule has 2 N–H and O–H groups in total. The van der Waals surface area contributed by atoms with E-state index >= 15 is 0 Å². The van der Waals surface area contributed by atoms with Gasteiger partial charge in [0.15, 0.2) is 0 Å². The lowest BCUT2D eigenvalue weighted by atomic mass is 9.98. The number of aromatic nitrogens is 1. The predicted molar refractivity (Wildman–Crippen MR) is 122 cm³/mol. The van der Waals surface area contributed by atoms with Crippen molar-refractivity contribution in [2.24, 2.45) is 0 Å². The van der Waals surface area contributed by atoms with Crippen LogP contribution in [0, 0.1) is 6.92 Å². The highest BCUT2D eigenvalue weighted by Gasteiger charge is 2.29. The van der Waals surface area contributed by atoms with Crippen LogP contribution >= 0.6 is 0 Å². The second-order valence-electron chi connectivity index (χ2n) is 8.13. The van der Waals surface area contributed by atoms with Gasteiger partial charge in [-0.3, -0.25) is 9.78 Å². The number of amides is 1. The molecule has 1 heterocycles. The normalized spacial score (nSPS) is 13.2. The largest absolute Gasteiger partial charge is 0.481 e. The van der Waals surface area contributed by atoms with Crippen molar-refractivity contribution < 1.29 is 19.4 Å². The molecule has 0 saturated heterocycles. The van der Waals surface area contributed by atoms with Gasteiger partial charge in [0.05, 0.1) is 0 Å². The fourth-order valence-electron chi connectivity index (χ4n) is 4.20. The standard InChI is InChI=1S/C26H26N2O4/c1-17-10-11-18(27-15-17)14-19(12-13-25(29)30)28-26(31)32-16-24-22-8-4-2-6-20(22)21-7-3-5-9-23(21)24/h2-11,15,19,24H,12-14,16H2,1H3,(H,28,31)(H,29,30). The fraction of sp³-hybridized carbons (Fsp3) is 0.269. The van der Waals surface area contributed by atoms with E-state index in [1.54, 1.807) is 6.20 Å². The number of alkyl carbamates (subject to hydrolysis) is 1. The SMILES string of the molecule is Cc1ccc(CC(CCC(=O)O)NC(=O)OCC2c3ccccc3-c3ccccc32)nc1. The molecule has 0 fully saturated rings. The number of ether oxygens (including phenoxy) is 1. The van der Waals surface area contributed by atoms with Gasteiger partial charge in [0.25, 0.3) is 0 Å². The number of nitrogens with zero attached hydrogens (tertiary/aromatic N) is 1. The van der Waals surface area contributed by atoms with E-state index in [2.05, 4.69) is 34.6 Å². The highest BCUT2D eigenvalue weighted by Crippen LogP contribution is 2.44. The molecule has 1 atom stereocenters. The molecule has 1 aliphatic rings. The molecule has 0 aliphatic heterocycles. The zero-order chi connectivity index (χ0) is 22.5. The molecule has 1 aromatic heterocycles. The second-order valence-corrected chi connectivity index (χ2v) is 8.13. The van der Waals surface area contributed by atoms with Crippen LogP contribution in [0.15, 0.2) is 66.9 Å². The van der Waals surface area contributed by atoms with E-state index in [0.717, 1.165) is 22.4 Å². The number of hydrogen-bond acceptors (Lipinski definition) is 4. The van der Waals surface area contributed by atoms with Crippen LogP contribution in [0.5, 0.6) is 0 Å². The molecule has 1 amide bonds. The minimum Gasteiger partial charge on any atom is -0.481 e. The lowest BCUT2D eigenvalue weighted by Crippen LogP contribution is -2.38. The minimum absolute atomic E-state index is 0.0237. The van der Waals surface area contributed by atoms with Gasteiger partial charge in [0, 0.05) is 36.7 Å². The minimum atomic E-state index is -0.902. The third-order valence-corrected chi connectivity index (χ3v) is 5.80. The maximum Gasteiger partial charge on any atom is 0.407 e. The molecule has 0 spiro atoms. The molecule has 6 nitrogen and oxygen atoms in total. The van der Waals surface area contributed by atoms with Crippen LogP contribution in [0.1, 0.15) is 41.1 Å². The van der Waals surface area contributed by atoms with E-state index in [9.17, 15) is 9.59 Å². The summed E-state index contributed by atoms with van der Waals surface area (Å²) >= 11 is 0. The van der Waals surface area contributed by atoms with Crippen LogP contribution in [0.4, 0.5) is 4.79 Å². The van der Waals surface area contributed by atoms with Crippen LogP contribution in [-0.4, -0.2) is 34.8 Å². The van der Waals surface area contributed by atoms with Crippen molar-refractivity contribution in [1.29, 1.82) is 0 Å². The van der Waals surface area contributed by atoms with Gasteiger partial charge >= 0.3 is 12.1 Å². The summed E-state index contributed by atoms with van der Waals surface area (Å²) in [6.07, 6.45) is 1.92. The van der Waals surface area contributed by atoms with Crippen molar-refractivity contribution >= 4 is 12.1 Å². The number of aliphatic carboxylic acids is 1. The van der Waals surface area contributed by atoms with Gasteiger partial charge in [-0.25, -0.2) is 4.79 Å². The van der Waals surface area contributed by atoms with E-state index in [1.807, 2.05) is 43.3 Å². The summed E-state index contributed by atoms with van der Waals surface area (Å²) < 4.78 is 5.62. The zero-order valence-electron chi connectivity index (χ0n) is 18.0. The third-order valence-electron chi connectivity index (χ3n) is 5.80. The molecule has 0 radical (unpaired) electrons. The Morgan fingerprint density at radius 3 is 2.28 bits per heavy atom. The van der Waals surface area contributed by atoms with Gasteiger partial charge < -0.3 is 15.2 Å². The summed E-state index contributed by atoms with van der Waals surface area (Å²) in [4.78, 5) is 28.1. The van der Waals surface area contributed by atoms with Gasteiger partial charge in [-0.1, -0.05) is 54.6 Å². The highest BCUT2D eigenvalue weighted by atomic mass is 16.5. The molecule has 0 saturated carbocycles. The number of aryl methyl sites for hydroxylation is 1. The van der Waals surface area contributed by atoms with E-state index < -0.39 is 12.1 Å². The maximum atomic E-state index is 12.6. The molecule has 1 unspecified atom stereocenters. The zero-order valence-corrected chi connectivity index (χ0v) is 18.0. The van der Waals surface area contributed by atoms with Crippen molar-refractivity contribution in [3.63, 3.8) is 0 Å². The highest BCUT2D eigenvalue weighted by molar-refractivity contribution is 5.79. The quantitative estimate of drug-likeness (QED) is 0.541. The van der Waals surface area contributed by atoms with E-state index in [1.165, 1.54) is 11.1 Å². The lowest BCUT2D eigenvalue weighted by molar-refractivity contribution is -0.137. The molecule has 4 rings (SSSR count). The summed E-state index contributed by atoms with van der Waals surface area (Å²) in [5.41, 5.74) is 6.47. The van der Waals surface area contributed by atoms with E-state index in [0.29, 0.717) is 12.8 Å². The smallest absolute Gasteiger partial charge is 0.407 e. The Morgan fingerprint density at radius 1 is 1.03 bits per heavy atom. The van der Waals surface area contributed by atoms with E-state index in [-0.39, 0.29) is 25.0 Å². The first-order valence-corrected chi connectivity index (χ1v) is 10.8. The van der Waals surface area contributed by atoms with Crippen molar-refractivity contribution in [2.75, 3.05) is 6.61 Å². The molecule has 6 heteroatoms.